The van der Waals surface area contributed by atoms with Crippen LogP contribution in [0.25, 0.3) is 5.69 Å². The Morgan fingerprint density at radius 3 is 2.34 bits per heavy atom. The molecular formula is C22H20Cl2F3N5O6. The molecule has 0 aliphatic rings. The lowest BCUT2D eigenvalue weighted by Crippen LogP contribution is -2.36. The van der Waals surface area contributed by atoms with Gasteiger partial charge in [0.15, 0.2) is 5.75 Å². The number of H-pyrrole nitrogens is 1. The second kappa shape index (κ2) is 11.3. The summed E-state index contributed by atoms with van der Waals surface area (Å²) in [4.78, 5) is 50.4. The van der Waals surface area contributed by atoms with Gasteiger partial charge in [0.05, 0.1) is 21.9 Å². The largest absolute Gasteiger partial charge is 0.453 e. The van der Waals surface area contributed by atoms with Gasteiger partial charge in [-0.3, -0.25) is 19.9 Å². The van der Waals surface area contributed by atoms with Gasteiger partial charge in [-0.2, -0.15) is 4.68 Å². The van der Waals surface area contributed by atoms with Gasteiger partial charge in [-0.1, -0.05) is 23.2 Å². The molecule has 38 heavy (non-hydrogen) atoms. The van der Waals surface area contributed by atoms with E-state index in [1.165, 1.54) is 12.1 Å². The second-order valence-electron chi connectivity index (χ2n) is 8.65. The fourth-order valence-electron chi connectivity index (χ4n) is 3.01. The number of aromatic nitrogens is 4. The Balaban J connectivity index is 1.96. The van der Waals surface area contributed by atoms with E-state index in [-0.39, 0.29) is 27.2 Å². The first-order chi connectivity index (χ1) is 17.7. The third-order valence-corrected chi connectivity index (χ3v) is 5.17. The van der Waals surface area contributed by atoms with Crippen LogP contribution in [0.3, 0.4) is 0 Å². The summed E-state index contributed by atoms with van der Waals surface area (Å²) >= 11 is 12.5. The molecule has 0 aliphatic carbocycles. The molecule has 0 bridgehead atoms. The average molecular weight is 578 g/mol. The average Bonchev–Trinajstić information content (AvgIpc) is 2.78. The Hall–Kier alpha value is -3.78. The van der Waals surface area contributed by atoms with Crippen molar-refractivity contribution in [3.8, 4) is 17.2 Å². The molecule has 11 nitrogen and oxygen atoms in total. The van der Waals surface area contributed by atoms with Crippen LogP contribution in [0.2, 0.25) is 10.0 Å². The van der Waals surface area contributed by atoms with Crippen LogP contribution in [0.1, 0.15) is 26.8 Å². The van der Waals surface area contributed by atoms with E-state index in [2.05, 4.69) is 10.4 Å². The van der Waals surface area contributed by atoms with E-state index in [0.29, 0.717) is 9.25 Å². The third-order valence-electron chi connectivity index (χ3n) is 4.61. The number of halogens is 5. The number of nitrogens with one attached hydrogen (secondary N) is 2. The minimum absolute atomic E-state index is 0.0546. The molecule has 0 fully saturated rings. The minimum Gasteiger partial charge on any atom is -0.453 e. The molecule has 0 saturated heterocycles. The molecule has 1 atom stereocenters. The quantitative estimate of drug-likeness (QED) is 0.427. The van der Waals surface area contributed by atoms with Crippen LogP contribution in [-0.4, -0.2) is 44.1 Å². The summed E-state index contributed by atoms with van der Waals surface area (Å²) in [6.07, 6.45) is -3.28. The van der Waals surface area contributed by atoms with E-state index < -0.39 is 53.5 Å². The first-order valence-electron chi connectivity index (χ1n) is 10.7. The van der Waals surface area contributed by atoms with Gasteiger partial charge < -0.3 is 14.0 Å². The van der Waals surface area contributed by atoms with E-state index in [0.717, 1.165) is 18.3 Å². The highest BCUT2D eigenvalue weighted by atomic mass is 35.5. The number of carbonyl (C=O) groups excluding carboxylic acids is 1. The number of amides is 1. The van der Waals surface area contributed by atoms with Gasteiger partial charge in [-0.25, -0.2) is 22.8 Å². The summed E-state index contributed by atoms with van der Waals surface area (Å²) < 4.78 is 51.1. The van der Waals surface area contributed by atoms with Crippen molar-refractivity contribution in [2.75, 3.05) is 12.0 Å². The van der Waals surface area contributed by atoms with Gasteiger partial charge in [0.25, 0.3) is 17.5 Å². The number of benzene rings is 1. The Kier molecular flexibility index (Phi) is 8.57. The lowest BCUT2D eigenvalue weighted by atomic mass is 10.2. The number of carbonyl (C=O) groups is 1. The summed E-state index contributed by atoms with van der Waals surface area (Å²) in [7, 11) is 0. The van der Waals surface area contributed by atoms with Crippen LogP contribution in [0.15, 0.2) is 44.8 Å². The SMILES string of the molecule is CC(C)(C)OC(=O)Nc1nn(-c2cc(Cl)c(Oc3ccc(=O)n(C(CF)C(F)F)c3)c(Cl)c2)c(=O)[nH]c1=O. The molecule has 2 aromatic heterocycles. The van der Waals surface area contributed by atoms with Gasteiger partial charge in [0.1, 0.15) is 24.1 Å². The zero-order valence-corrected chi connectivity index (χ0v) is 21.4. The van der Waals surface area contributed by atoms with Gasteiger partial charge in [-0.15, -0.1) is 5.10 Å². The molecule has 16 heteroatoms. The van der Waals surface area contributed by atoms with Crippen LogP contribution >= 0.6 is 23.2 Å². The fraction of sp³-hybridized carbons (Fsp3) is 0.318. The van der Waals surface area contributed by atoms with E-state index in [4.69, 9.17) is 32.7 Å². The Labute approximate surface area is 221 Å². The molecule has 3 aromatic rings. The number of hydrogen-bond acceptors (Lipinski definition) is 7. The highest BCUT2D eigenvalue weighted by molar-refractivity contribution is 6.37. The second-order valence-corrected chi connectivity index (χ2v) is 9.47. The smallest absolute Gasteiger partial charge is 0.413 e. The zero-order valence-electron chi connectivity index (χ0n) is 19.9. The van der Waals surface area contributed by atoms with Crippen molar-refractivity contribution in [3.05, 3.63) is 71.7 Å². The van der Waals surface area contributed by atoms with Crippen molar-refractivity contribution in [2.24, 2.45) is 0 Å². The zero-order chi connectivity index (χ0) is 28.4. The molecule has 0 radical (unpaired) electrons. The normalized spacial score (nSPS) is 12.3. The van der Waals surface area contributed by atoms with Crippen LogP contribution < -0.4 is 26.9 Å². The van der Waals surface area contributed by atoms with Crippen LogP contribution in [-0.2, 0) is 4.74 Å². The molecule has 1 amide bonds. The molecule has 0 aliphatic heterocycles. The standard InChI is InChI=1S/C22H20Cl2F3N5O6/c1-22(2,3)38-21(36)28-18-19(34)29-20(35)32(30-18)10-6-12(23)16(13(24)7-10)37-11-4-5-15(33)31(9-11)14(8-25)17(26)27/h4-7,9,14,17H,8H2,1-3H3,(H,28,30,36)(H,29,34,35). The number of aromatic amines is 1. The van der Waals surface area contributed by atoms with Crippen molar-refractivity contribution in [1.29, 1.82) is 0 Å². The summed E-state index contributed by atoms with van der Waals surface area (Å²) in [5, 5.41) is 5.57. The minimum atomic E-state index is -3.16. The van der Waals surface area contributed by atoms with Crippen molar-refractivity contribution in [1.82, 2.24) is 19.3 Å². The molecular weight excluding hydrogens is 558 g/mol. The predicted molar refractivity (Wildman–Crippen MR) is 132 cm³/mol. The van der Waals surface area contributed by atoms with Crippen LogP contribution in [0.5, 0.6) is 11.5 Å². The van der Waals surface area contributed by atoms with E-state index >= 15 is 0 Å². The van der Waals surface area contributed by atoms with Crippen LogP contribution in [0.4, 0.5) is 23.8 Å². The number of hydrogen-bond donors (Lipinski definition) is 2. The maximum absolute atomic E-state index is 13.1. The van der Waals surface area contributed by atoms with Crippen molar-refractivity contribution in [2.45, 2.75) is 38.8 Å². The first-order valence-corrected chi connectivity index (χ1v) is 11.4. The van der Waals surface area contributed by atoms with Gasteiger partial charge in [0, 0.05) is 6.07 Å². The molecule has 0 saturated carbocycles. The van der Waals surface area contributed by atoms with E-state index in [1.54, 1.807) is 20.8 Å². The number of pyridine rings is 1. The third kappa shape index (κ3) is 6.75. The van der Waals surface area contributed by atoms with Gasteiger partial charge in [-0.05, 0) is 39.0 Å². The first kappa shape index (κ1) is 28.8. The molecule has 3 rings (SSSR count). The highest BCUT2D eigenvalue weighted by Gasteiger charge is 2.24. The Morgan fingerprint density at radius 1 is 1.16 bits per heavy atom. The number of nitrogens with zero attached hydrogens (tertiary/aromatic N) is 3. The van der Waals surface area contributed by atoms with Crippen molar-refractivity contribution < 1.29 is 27.4 Å². The topological polar surface area (TPSA) is 137 Å². The van der Waals surface area contributed by atoms with Crippen molar-refractivity contribution >= 4 is 35.1 Å². The molecule has 1 aromatic carbocycles. The summed E-state index contributed by atoms with van der Waals surface area (Å²) in [6.45, 7) is 3.31. The fourth-order valence-corrected chi connectivity index (χ4v) is 3.56. The summed E-state index contributed by atoms with van der Waals surface area (Å²) in [5.41, 5.74) is -3.81. The highest BCUT2D eigenvalue weighted by Crippen LogP contribution is 2.38. The molecule has 2 heterocycles. The number of rotatable bonds is 7. The molecule has 2 N–H and O–H groups in total. The van der Waals surface area contributed by atoms with Gasteiger partial charge in [0.2, 0.25) is 5.82 Å². The van der Waals surface area contributed by atoms with Crippen LogP contribution in [0, 0.1) is 0 Å². The molecule has 204 valence electrons. The summed E-state index contributed by atoms with van der Waals surface area (Å²) in [6, 6.07) is 2.36. The Morgan fingerprint density at radius 2 is 1.79 bits per heavy atom. The molecule has 1 unspecified atom stereocenters. The maximum Gasteiger partial charge on any atom is 0.413 e. The van der Waals surface area contributed by atoms with Crippen molar-refractivity contribution in [3.63, 3.8) is 0 Å². The summed E-state index contributed by atoms with van der Waals surface area (Å²) in [5.74, 6) is -0.917. The monoisotopic (exact) mass is 577 g/mol. The lowest BCUT2D eigenvalue weighted by Gasteiger charge is -2.19. The van der Waals surface area contributed by atoms with Gasteiger partial charge >= 0.3 is 11.8 Å². The predicted octanol–water partition coefficient (Wildman–Crippen LogP) is 4.30. The lowest BCUT2D eigenvalue weighted by molar-refractivity contribution is 0.0633. The number of ether oxygens (including phenoxy) is 2. The van der Waals surface area contributed by atoms with E-state index in [9.17, 15) is 32.3 Å². The number of alkyl halides is 3. The number of anilines is 1. The Bertz CT molecular complexity index is 1510. The van der Waals surface area contributed by atoms with E-state index in [1.807, 2.05) is 4.98 Å². The maximum atomic E-state index is 13.1. The molecule has 0 spiro atoms.